The van der Waals surface area contributed by atoms with E-state index in [4.69, 9.17) is 5.73 Å². The lowest BCUT2D eigenvalue weighted by atomic mass is 9.98. The first-order chi connectivity index (χ1) is 5.00. The Balaban J connectivity index is 4.02. The van der Waals surface area contributed by atoms with Gasteiger partial charge in [0.05, 0.1) is 0 Å². The minimum atomic E-state index is -0.986. The van der Waals surface area contributed by atoms with Crippen LogP contribution in [0.4, 0.5) is 0 Å². The van der Waals surface area contributed by atoms with Crippen LogP contribution in [0, 0.1) is 5.92 Å². The maximum absolute atomic E-state index is 11.1. The van der Waals surface area contributed by atoms with Gasteiger partial charge in [0, 0.05) is 12.0 Å². The van der Waals surface area contributed by atoms with Crippen LogP contribution in [0.3, 0.4) is 0 Å². The Labute approximate surface area is 67.6 Å². The van der Waals surface area contributed by atoms with Gasteiger partial charge in [-0.3, -0.25) is 4.79 Å². The number of carbonyl (C=O) groups excluding carboxylic acids is 1. The number of ketones is 1. The van der Waals surface area contributed by atoms with E-state index in [1.807, 2.05) is 6.92 Å². The van der Waals surface area contributed by atoms with Crippen molar-refractivity contribution in [1.29, 1.82) is 0 Å². The zero-order valence-corrected chi connectivity index (χ0v) is 7.37. The molecular formula is C8H17NO2. The van der Waals surface area contributed by atoms with Crippen LogP contribution >= 0.6 is 0 Å². The fourth-order valence-corrected chi connectivity index (χ4v) is 0.776. The van der Waals surface area contributed by atoms with E-state index in [0.29, 0.717) is 6.42 Å². The monoisotopic (exact) mass is 159 g/mol. The molecule has 0 saturated carbocycles. The number of aliphatic hydroxyl groups is 1. The van der Waals surface area contributed by atoms with Crippen molar-refractivity contribution >= 4 is 5.78 Å². The van der Waals surface area contributed by atoms with Gasteiger partial charge >= 0.3 is 0 Å². The van der Waals surface area contributed by atoms with Crippen molar-refractivity contribution in [3.63, 3.8) is 0 Å². The Morgan fingerprint density at radius 1 is 1.55 bits per heavy atom. The zero-order valence-electron chi connectivity index (χ0n) is 7.37. The van der Waals surface area contributed by atoms with Gasteiger partial charge in [-0.05, 0) is 6.42 Å². The van der Waals surface area contributed by atoms with E-state index in [0.717, 1.165) is 0 Å². The molecule has 0 aromatic rings. The lowest BCUT2D eigenvalue weighted by Gasteiger charge is -2.17. The van der Waals surface area contributed by atoms with Crippen LogP contribution in [0.1, 0.15) is 27.2 Å². The van der Waals surface area contributed by atoms with E-state index in [2.05, 4.69) is 0 Å². The average molecular weight is 159 g/mol. The van der Waals surface area contributed by atoms with Crippen molar-refractivity contribution in [2.75, 3.05) is 0 Å². The summed E-state index contributed by atoms with van der Waals surface area (Å²) in [7, 11) is 0. The predicted molar refractivity (Wildman–Crippen MR) is 44.1 cm³/mol. The third-order valence-corrected chi connectivity index (χ3v) is 1.74. The smallest absolute Gasteiger partial charge is 0.165 e. The molecule has 11 heavy (non-hydrogen) atoms. The molecule has 0 amide bonds. The van der Waals surface area contributed by atoms with Gasteiger partial charge in [0.2, 0.25) is 0 Å². The maximum atomic E-state index is 11.1. The number of hydrogen-bond donors (Lipinski definition) is 2. The van der Waals surface area contributed by atoms with Gasteiger partial charge in [0.25, 0.3) is 0 Å². The second-order valence-electron chi connectivity index (χ2n) is 3.07. The molecule has 0 aliphatic rings. The largest absolute Gasteiger partial charge is 0.384 e. The van der Waals surface area contributed by atoms with Gasteiger partial charge in [-0.1, -0.05) is 20.8 Å². The molecule has 66 valence electrons. The van der Waals surface area contributed by atoms with Crippen molar-refractivity contribution in [2.24, 2.45) is 11.7 Å². The van der Waals surface area contributed by atoms with Crippen molar-refractivity contribution < 1.29 is 9.90 Å². The van der Waals surface area contributed by atoms with Crippen LogP contribution in [0.25, 0.3) is 0 Å². The van der Waals surface area contributed by atoms with Gasteiger partial charge in [-0.25, -0.2) is 0 Å². The molecule has 3 N–H and O–H groups in total. The van der Waals surface area contributed by atoms with E-state index >= 15 is 0 Å². The first-order valence-electron chi connectivity index (χ1n) is 3.98. The number of hydrogen-bond acceptors (Lipinski definition) is 3. The molecular weight excluding hydrogens is 142 g/mol. The number of nitrogens with two attached hydrogens (primary N) is 1. The standard InChI is InChI=1S/C8H17NO2/c1-4-6(9)8(11)7(10)5(2)3/h5-6,8,11H,4,9H2,1-3H3/t6?,8-/m0/s1. The molecule has 0 aromatic carbocycles. The molecule has 0 rings (SSSR count). The molecule has 0 fully saturated rings. The first kappa shape index (κ1) is 10.6. The van der Waals surface area contributed by atoms with Crippen LogP contribution in [0.2, 0.25) is 0 Å². The summed E-state index contributed by atoms with van der Waals surface area (Å²) in [5, 5.41) is 9.28. The quantitative estimate of drug-likeness (QED) is 0.620. The molecule has 0 bridgehead atoms. The summed E-state index contributed by atoms with van der Waals surface area (Å²) in [6, 6.07) is -0.412. The van der Waals surface area contributed by atoms with E-state index in [9.17, 15) is 9.90 Å². The van der Waals surface area contributed by atoms with E-state index in [1.54, 1.807) is 13.8 Å². The molecule has 0 spiro atoms. The molecule has 0 aliphatic heterocycles. The maximum Gasteiger partial charge on any atom is 0.165 e. The van der Waals surface area contributed by atoms with E-state index in [1.165, 1.54) is 0 Å². The minimum absolute atomic E-state index is 0.136. The van der Waals surface area contributed by atoms with Crippen LogP contribution in [0.5, 0.6) is 0 Å². The third-order valence-electron chi connectivity index (χ3n) is 1.74. The first-order valence-corrected chi connectivity index (χ1v) is 3.98. The molecule has 0 saturated heterocycles. The Hall–Kier alpha value is -0.410. The molecule has 2 atom stereocenters. The van der Waals surface area contributed by atoms with Crippen molar-refractivity contribution in [2.45, 2.75) is 39.3 Å². The van der Waals surface area contributed by atoms with Crippen molar-refractivity contribution in [3.05, 3.63) is 0 Å². The minimum Gasteiger partial charge on any atom is -0.384 e. The summed E-state index contributed by atoms with van der Waals surface area (Å²) in [6.45, 7) is 5.36. The fraction of sp³-hybridized carbons (Fsp3) is 0.875. The summed E-state index contributed by atoms with van der Waals surface area (Å²) < 4.78 is 0. The van der Waals surface area contributed by atoms with Gasteiger partial charge in [0.15, 0.2) is 5.78 Å². The highest BCUT2D eigenvalue weighted by atomic mass is 16.3. The summed E-state index contributed by atoms with van der Waals surface area (Å²) in [5.41, 5.74) is 5.48. The number of Topliss-reactive ketones (excluding diaryl/α,β-unsaturated/α-hetero) is 1. The summed E-state index contributed by atoms with van der Waals surface area (Å²) in [4.78, 5) is 11.1. The Bertz CT molecular complexity index is 134. The lowest BCUT2D eigenvalue weighted by molar-refractivity contribution is -0.131. The molecule has 3 heteroatoms. The molecule has 0 heterocycles. The Kier molecular flexibility index (Phi) is 4.30. The normalized spacial score (nSPS) is 16.5. The van der Waals surface area contributed by atoms with Gasteiger partial charge in [0.1, 0.15) is 6.10 Å². The Morgan fingerprint density at radius 3 is 2.27 bits per heavy atom. The third kappa shape index (κ3) is 2.99. The zero-order chi connectivity index (χ0) is 9.02. The van der Waals surface area contributed by atoms with Crippen molar-refractivity contribution in [1.82, 2.24) is 0 Å². The van der Waals surface area contributed by atoms with E-state index < -0.39 is 12.1 Å². The Morgan fingerprint density at radius 2 is 2.00 bits per heavy atom. The number of carbonyl (C=O) groups is 1. The predicted octanol–water partition coefficient (Wildman–Crippen LogP) is 0.310. The highest BCUT2D eigenvalue weighted by Gasteiger charge is 2.23. The van der Waals surface area contributed by atoms with Gasteiger partial charge < -0.3 is 10.8 Å². The topological polar surface area (TPSA) is 63.3 Å². The van der Waals surface area contributed by atoms with Gasteiger partial charge in [-0.2, -0.15) is 0 Å². The van der Waals surface area contributed by atoms with Crippen LogP contribution in [0.15, 0.2) is 0 Å². The van der Waals surface area contributed by atoms with Crippen LogP contribution < -0.4 is 5.73 Å². The van der Waals surface area contributed by atoms with Crippen LogP contribution in [-0.4, -0.2) is 23.0 Å². The SMILES string of the molecule is CCC(N)[C@H](O)C(=O)C(C)C. The molecule has 1 unspecified atom stereocenters. The summed E-state index contributed by atoms with van der Waals surface area (Å²) in [6.07, 6.45) is -0.361. The lowest BCUT2D eigenvalue weighted by Crippen LogP contribution is -2.41. The highest BCUT2D eigenvalue weighted by molar-refractivity contribution is 5.85. The molecule has 3 nitrogen and oxygen atoms in total. The second kappa shape index (κ2) is 4.46. The molecule has 0 aliphatic carbocycles. The van der Waals surface area contributed by atoms with Crippen molar-refractivity contribution in [3.8, 4) is 0 Å². The number of rotatable bonds is 4. The van der Waals surface area contributed by atoms with Crippen LogP contribution in [-0.2, 0) is 4.79 Å². The second-order valence-corrected chi connectivity index (χ2v) is 3.07. The highest BCUT2D eigenvalue weighted by Crippen LogP contribution is 2.04. The summed E-state index contributed by atoms with van der Waals surface area (Å²) >= 11 is 0. The number of aliphatic hydroxyl groups excluding tert-OH is 1. The van der Waals surface area contributed by atoms with E-state index in [-0.39, 0.29) is 11.7 Å². The molecule has 0 radical (unpaired) electrons. The average Bonchev–Trinajstić information content (AvgIpc) is 2.00. The fourth-order valence-electron chi connectivity index (χ4n) is 0.776. The summed E-state index contributed by atoms with van der Waals surface area (Å²) in [5.74, 6) is -0.304. The molecule has 0 aromatic heterocycles. The van der Waals surface area contributed by atoms with Gasteiger partial charge in [-0.15, -0.1) is 0 Å².